The maximum Gasteiger partial charge on any atom is 0.146 e. The summed E-state index contributed by atoms with van der Waals surface area (Å²) in [5.41, 5.74) is 8.73. The number of rotatable bonds is 8. The second-order valence-electron chi connectivity index (χ2n) is 8.61. The zero-order chi connectivity index (χ0) is 24.7. The van der Waals surface area contributed by atoms with Crippen LogP contribution in [0.4, 0.5) is 10.1 Å². The third-order valence-electron chi connectivity index (χ3n) is 5.81. The standard InChI is InChI=1S/C30H33FN2O/c1-7-8-16-32-28-15-13-23(18-27(28)31)26-17-21(4)29(22(5)30(26)34-6)24-12-14-25(33-19-24)11-9-10-20(2)3/h10,12-15,17-19,32H,9,11,16H2,1-6H3. The van der Waals surface area contributed by atoms with E-state index in [0.29, 0.717) is 12.2 Å². The fourth-order valence-corrected chi connectivity index (χ4v) is 4.17. The van der Waals surface area contributed by atoms with Gasteiger partial charge in [0.1, 0.15) is 11.6 Å². The highest BCUT2D eigenvalue weighted by Gasteiger charge is 2.18. The average Bonchev–Trinajstić information content (AvgIpc) is 2.80. The number of halogens is 1. The summed E-state index contributed by atoms with van der Waals surface area (Å²) in [5.74, 6) is 6.11. The van der Waals surface area contributed by atoms with E-state index in [1.165, 1.54) is 5.57 Å². The smallest absolute Gasteiger partial charge is 0.146 e. The molecule has 3 nitrogen and oxygen atoms in total. The lowest BCUT2D eigenvalue weighted by Crippen LogP contribution is -2.02. The summed E-state index contributed by atoms with van der Waals surface area (Å²) >= 11 is 0. The van der Waals surface area contributed by atoms with E-state index in [-0.39, 0.29) is 5.82 Å². The number of hydrogen-bond donors (Lipinski definition) is 1. The van der Waals surface area contributed by atoms with Gasteiger partial charge in [0.25, 0.3) is 0 Å². The molecule has 1 aromatic heterocycles. The van der Waals surface area contributed by atoms with Gasteiger partial charge in [-0.05, 0) is 94.0 Å². The van der Waals surface area contributed by atoms with E-state index in [4.69, 9.17) is 4.74 Å². The lowest BCUT2D eigenvalue weighted by molar-refractivity contribution is 0.413. The largest absolute Gasteiger partial charge is 0.496 e. The molecule has 0 spiro atoms. The minimum Gasteiger partial charge on any atom is -0.496 e. The summed E-state index contributed by atoms with van der Waals surface area (Å²) in [6.45, 7) is 10.5. The second kappa shape index (κ2) is 11.5. The highest BCUT2D eigenvalue weighted by atomic mass is 19.1. The Balaban J connectivity index is 1.94. The Bertz CT molecular complexity index is 1240. The van der Waals surface area contributed by atoms with E-state index in [0.717, 1.165) is 57.7 Å². The van der Waals surface area contributed by atoms with Gasteiger partial charge in [0.2, 0.25) is 0 Å². The normalized spacial score (nSPS) is 10.3. The van der Waals surface area contributed by atoms with Crippen molar-refractivity contribution in [2.24, 2.45) is 0 Å². The van der Waals surface area contributed by atoms with Crippen molar-refractivity contribution in [1.82, 2.24) is 4.98 Å². The molecule has 0 bridgehead atoms. The van der Waals surface area contributed by atoms with Crippen molar-refractivity contribution in [2.75, 3.05) is 19.0 Å². The zero-order valence-corrected chi connectivity index (χ0v) is 21.0. The molecule has 3 aromatic rings. The van der Waals surface area contributed by atoms with E-state index in [1.54, 1.807) is 26.2 Å². The van der Waals surface area contributed by atoms with Crippen LogP contribution in [0.5, 0.6) is 5.75 Å². The quantitative estimate of drug-likeness (QED) is 0.281. The summed E-state index contributed by atoms with van der Waals surface area (Å²) in [6.07, 6.45) is 6.09. The number of pyridine rings is 1. The monoisotopic (exact) mass is 456 g/mol. The number of anilines is 1. The highest BCUT2D eigenvalue weighted by molar-refractivity contribution is 5.82. The number of aryl methyl sites for hydroxylation is 2. The number of allylic oxidation sites excluding steroid dienone is 2. The van der Waals surface area contributed by atoms with Crippen molar-refractivity contribution in [2.45, 2.75) is 47.5 Å². The van der Waals surface area contributed by atoms with E-state index < -0.39 is 0 Å². The lowest BCUT2D eigenvalue weighted by Gasteiger charge is -2.19. The molecule has 34 heavy (non-hydrogen) atoms. The summed E-state index contributed by atoms with van der Waals surface area (Å²) in [5, 5.41) is 3.01. The van der Waals surface area contributed by atoms with Crippen LogP contribution in [0.2, 0.25) is 0 Å². The molecule has 2 aromatic carbocycles. The Labute approximate surface area is 203 Å². The van der Waals surface area contributed by atoms with Gasteiger partial charge in [-0.3, -0.25) is 4.98 Å². The van der Waals surface area contributed by atoms with Gasteiger partial charge in [0, 0.05) is 23.0 Å². The van der Waals surface area contributed by atoms with Crippen LogP contribution in [0, 0.1) is 31.5 Å². The first kappa shape index (κ1) is 25.1. The number of nitrogens with one attached hydrogen (secondary N) is 1. The molecule has 1 N–H and O–H groups in total. The van der Waals surface area contributed by atoms with E-state index in [1.807, 2.05) is 19.2 Å². The van der Waals surface area contributed by atoms with Crippen LogP contribution in [0.1, 0.15) is 44.0 Å². The third-order valence-corrected chi connectivity index (χ3v) is 5.81. The van der Waals surface area contributed by atoms with Crippen LogP contribution in [0.25, 0.3) is 22.3 Å². The fourth-order valence-electron chi connectivity index (χ4n) is 4.17. The van der Waals surface area contributed by atoms with Crippen LogP contribution >= 0.6 is 0 Å². The van der Waals surface area contributed by atoms with Gasteiger partial charge in [-0.1, -0.05) is 29.7 Å². The number of nitrogens with zero attached hydrogens (tertiary/aromatic N) is 1. The molecule has 0 unspecified atom stereocenters. The Kier molecular flexibility index (Phi) is 8.49. The maximum atomic E-state index is 14.8. The number of hydrogen-bond acceptors (Lipinski definition) is 3. The first-order valence-corrected chi connectivity index (χ1v) is 11.6. The van der Waals surface area contributed by atoms with Crippen molar-refractivity contribution in [1.29, 1.82) is 0 Å². The average molecular weight is 457 g/mol. The third kappa shape index (κ3) is 5.85. The zero-order valence-electron chi connectivity index (χ0n) is 21.0. The molecule has 4 heteroatoms. The molecule has 3 rings (SSSR count). The minimum absolute atomic E-state index is 0.315. The van der Waals surface area contributed by atoms with Crippen LogP contribution in [-0.2, 0) is 6.42 Å². The Morgan fingerprint density at radius 1 is 1.12 bits per heavy atom. The van der Waals surface area contributed by atoms with E-state index in [9.17, 15) is 4.39 Å². The first-order chi connectivity index (χ1) is 16.3. The van der Waals surface area contributed by atoms with Crippen LogP contribution in [-0.4, -0.2) is 18.6 Å². The minimum atomic E-state index is -0.315. The molecule has 0 saturated heterocycles. The molecule has 176 valence electrons. The van der Waals surface area contributed by atoms with Crippen molar-refractivity contribution in [3.05, 3.63) is 76.9 Å². The molecule has 0 aliphatic rings. The van der Waals surface area contributed by atoms with Crippen LogP contribution < -0.4 is 10.1 Å². The van der Waals surface area contributed by atoms with Crippen molar-refractivity contribution in [3.63, 3.8) is 0 Å². The van der Waals surface area contributed by atoms with Crippen molar-refractivity contribution >= 4 is 5.69 Å². The molecule has 0 fully saturated rings. The predicted molar refractivity (Wildman–Crippen MR) is 141 cm³/mol. The van der Waals surface area contributed by atoms with E-state index >= 15 is 0 Å². The van der Waals surface area contributed by atoms with Crippen LogP contribution in [0.15, 0.2) is 54.2 Å². The number of aromatic nitrogens is 1. The molecule has 0 amide bonds. The van der Waals surface area contributed by atoms with Gasteiger partial charge in [-0.15, -0.1) is 5.92 Å². The molecule has 0 atom stereocenters. The lowest BCUT2D eigenvalue weighted by atomic mass is 9.90. The number of methoxy groups -OCH3 is 1. The second-order valence-corrected chi connectivity index (χ2v) is 8.61. The highest BCUT2D eigenvalue weighted by Crippen LogP contribution is 2.41. The number of benzene rings is 2. The van der Waals surface area contributed by atoms with Crippen molar-refractivity contribution in [3.8, 4) is 39.8 Å². The van der Waals surface area contributed by atoms with Gasteiger partial charge in [0.15, 0.2) is 0 Å². The SMILES string of the molecule is CC#CCNc1ccc(-c2cc(C)c(-c3ccc(CCC=C(C)C)nc3)c(C)c2OC)cc1F. The fraction of sp³-hybridized carbons (Fsp3) is 0.300. The Morgan fingerprint density at radius 2 is 1.88 bits per heavy atom. The summed E-state index contributed by atoms with van der Waals surface area (Å²) < 4.78 is 20.6. The van der Waals surface area contributed by atoms with Gasteiger partial charge < -0.3 is 10.1 Å². The Hall–Kier alpha value is -3.58. The van der Waals surface area contributed by atoms with Gasteiger partial charge in [-0.25, -0.2) is 4.39 Å². The maximum absolute atomic E-state index is 14.8. The molecule has 0 saturated carbocycles. The molecular weight excluding hydrogens is 423 g/mol. The molecule has 0 aliphatic carbocycles. The topological polar surface area (TPSA) is 34.2 Å². The summed E-state index contributed by atoms with van der Waals surface area (Å²) in [4.78, 5) is 4.69. The summed E-state index contributed by atoms with van der Waals surface area (Å²) in [7, 11) is 1.66. The molecule has 0 aliphatic heterocycles. The predicted octanol–water partition coefficient (Wildman–Crippen LogP) is 7.51. The van der Waals surface area contributed by atoms with Gasteiger partial charge in [0.05, 0.1) is 19.3 Å². The van der Waals surface area contributed by atoms with E-state index in [2.05, 4.69) is 67.2 Å². The summed E-state index contributed by atoms with van der Waals surface area (Å²) in [6, 6.07) is 11.5. The Morgan fingerprint density at radius 3 is 2.50 bits per heavy atom. The van der Waals surface area contributed by atoms with Gasteiger partial charge >= 0.3 is 0 Å². The van der Waals surface area contributed by atoms with Crippen LogP contribution in [0.3, 0.4) is 0 Å². The van der Waals surface area contributed by atoms with Gasteiger partial charge in [-0.2, -0.15) is 0 Å². The first-order valence-electron chi connectivity index (χ1n) is 11.6. The molecule has 1 heterocycles. The van der Waals surface area contributed by atoms with Crippen molar-refractivity contribution < 1.29 is 9.13 Å². The number of ether oxygens (including phenoxy) is 1. The molecular formula is C30H33FN2O. The molecule has 0 radical (unpaired) electrons.